The van der Waals surface area contributed by atoms with Gasteiger partial charge in [0.2, 0.25) is 5.60 Å². The highest BCUT2D eigenvalue weighted by Gasteiger charge is 2.73. The number of oxime groups is 1. The average molecular weight is 395 g/mol. The first kappa shape index (κ1) is 18.6. The van der Waals surface area contributed by atoms with E-state index in [-0.39, 0.29) is 17.6 Å². The summed E-state index contributed by atoms with van der Waals surface area (Å²) in [5.41, 5.74) is -1.07. The number of nitrogens with zero attached hydrogens (tertiary/aromatic N) is 1. The van der Waals surface area contributed by atoms with E-state index in [1.165, 1.54) is 6.08 Å². The number of esters is 1. The molecule has 6 nitrogen and oxygen atoms in total. The van der Waals surface area contributed by atoms with E-state index < -0.39 is 28.7 Å². The van der Waals surface area contributed by atoms with Gasteiger partial charge in [-0.25, -0.2) is 4.79 Å². The number of fused-ring (bicyclic) bond motifs is 4. The summed E-state index contributed by atoms with van der Waals surface area (Å²) in [4.78, 5) is 31.9. The molecule has 0 radical (unpaired) electrons. The number of rotatable bonds is 1. The van der Waals surface area contributed by atoms with Crippen LogP contribution in [0.15, 0.2) is 41.6 Å². The first-order chi connectivity index (χ1) is 13.7. The van der Waals surface area contributed by atoms with Gasteiger partial charge in [0.1, 0.15) is 17.1 Å². The Kier molecular flexibility index (Phi) is 3.70. The normalized spacial score (nSPS) is 42.9. The van der Waals surface area contributed by atoms with E-state index in [1.807, 2.05) is 38.1 Å². The van der Waals surface area contributed by atoms with Crippen molar-refractivity contribution in [3.05, 3.63) is 47.5 Å². The second-order valence-corrected chi connectivity index (χ2v) is 9.20. The summed E-state index contributed by atoms with van der Waals surface area (Å²) in [6, 6.07) is 7.91. The molecule has 2 fully saturated rings. The first-order valence-electron chi connectivity index (χ1n) is 10.2. The third-order valence-electron chi connectivity index (χ3n) is 7.71. The number of allylic oxidation sites excluding steroid dienone is 1. The molecule has 1 aromatic carbocycles. The molecule has 4 aliphatic rings. The Morgan fingerprint density at radius 1 is 1.24 bits per heavy atom. The quantitative estimate of drug-likeness (QED) is 0.739. The number of hydrogen-bond donors (Lipinski definition) is 1. The second-order valence-electron chi connectivity index (χ2n) is 9.20. The number of aliphatic hydroxyl groups is 1. The zero-order valence-corrected chi connectivity index (χ0v) is 16.8. The number of ether oxygens (including phenoxy) is 1. The summed E-state index contributed by atoms with van der Waals surface area (Å²) in [7, 11) is 0. The third kappa shape index (κ3) is 2.18. The van der Waals surface area contributed by atoms with Crippen molar-refractivity contribution in [2.75, 3.05) is 0 Å². The minimum atomic E-state index is -1.34. The van der Waals surface area contributed by atoms with Gasteiger partial charge in [-0.1, -0.05) is 41.9 Å². The Balaban J connectivity index is 1.54. The minimum Gasteiger partial charge on any atom is -0.458 e. The topological polar surface area (TPSA) is 85.2 Å². The molecule has 6 atom stereocenters. The van der Waals surface area contributed by atoms with Crippen molar-refractivity contribution >= 4 is 17.5 Å². The van der Waals surface area contributed by atoms with E-state index in [1.54, 1.807) is 13.0 Å². The Morgan fingerprint density at radius 3 is 2.79 bits per heavy atom. The van der Waals surface area contributed by atoms with Crippen LogP contribution in [0.25, 0.3) is 0 Å². The molecule has 29 heavy (non-hydrogen) atoms. The lowest BCUT2D eigenvalue weighted by atomic mass is 9.63. The van der Waals surface area contributed by atoms with Gasteiger partial charge in [-0.3, -0.25) is 4.79 Å². The molecular weight excluding hydrogens is 370 g/mol. The van der Waals surface area contributed by atoms with E-state index in [2.05, 4.69) is 5.16 Å². The molecular formula is C23H25NO5. The molecule has 5 rings (SSSR count). The highest BCUT2D eigenvalue weighted by Crippen LogP contribution is 2.59. The van der Waals surface area contributed by atoms with Crippen LogP contribution in [0.2, 0.25) is 0 Å². The van der Waals surface area contributed by atoms with Gasteiger partial charge in [0, 0.05) is 6.42 Å². The molecule has 0 bridgehead atoms. The molecule has 1 spiro atoms. The van der Waals surface area contributed by atoms with Crippen LogP contribution in [-0.4, -0.2) is 39.9 Å². The van der Waals surface area contributed by atoms with Gasteiger partial charge >= 0.3 is 5.97 Å². The predicted octanol–water partition coefficient (Wildman–Crippen LogP) is 2.71. The SMILES string of the molecule is Cc1cccc(C2=NO[C@]3(C2)C(=O)O[C@@H]2[C@H]3CC[C@H](C)[C@]3(O)C=CC(=O)[C@@]23C)c1. The van der Waals surface area contributed by atoms with Crippen molar-refractivity contribution in [2.45, 2.75) is 57.3 Å². The van der Waals surface area contributed by atoms with Gasteiger partial charge in [-0.05, 0) is 50.3 Å². The Hall–Kier alpha value is -2.47. The van der Waals surface area contributed by atoms with Crippen LogP contribution in [-0.2, 0) is 19.2 Å². The van der Waals surface area contributed by atoms with Crippen molar-refractivity contribution in [1.29, 1.82) is 0 Å². The number of ketones is 1. The summed E-state index contributed by atoms with van der Waals surface area (Å²) in [6.45, 7) is 5.67. The van der Waals surface area contributed by atoms with Crippen LogP contribution in [0.3, 0.4) is 0 Å². The average Bonchev–Trinajstić information content (AvgIpc) is 3.31. The van der Waals surface area contributed by atoms with Crippen molar-refractivity contribution in [2.24, 2.45) is 22.4 Å². The molecule has 2 aliphatic carbocycles. The van der Waals surface area contributed by atoms with Crippen LogP contribution < -0.4 is 0 Å². The van der Waals surface area contributed by atoms with Crippen LogP contribution in [0.4, 0.5) is 0 Å². The summed E-state index contributed by atoms with van der Waals surface area (Å²) in [5, 5.41) is 15.7. The molecule has 2 aliphatic heterocycles. The molecule has 2 heterocycles. The maximum absolute atomic E-state index is 13.1. The molecule has 152 valence electrons. The molecule has 0 unspecified atom stereocenters. The number of carbonyl (C=O) groups excluding carboxylic acids is 2. The molecule has 1 saturated carbocycles. The van der Waals surface area contributed by atoms with Gasteiger partial charge in [-0.2, -0.15) is 0 Å². The van der Waals surface area contributed by atoms with Crippen molar-refractivity contribution in [3.8, 4) is 0 Å². The summed E-state index contributed by atoms with van der Waals surface area (Å²) < 4.78 is 5.83. The summed E-state index contributed by atoms with van der Waals surface area (Å²) >= 11 is 0. The van der Waals surface area contributed by atoms with E-state index in [9.17, 15) is 14.7 Å². The highest BCUT2D eigenvalue weighted by molar-refractivity contribution is 6.06. The molecule has 6 heteroatoms. The Bertz CT molecular complexity index is 983. The van der Waals surface area contributed by atoms with Crippen LogP contribution in [0, 0.1) is 24.2 Å². The van der Waals surface area contributed by atoms with E-state index in [4.69, 9.17) is 9.57 Å². The number of aryl methyl sites for hydroxylation is 1. The predicted molar refractivity (Wildman–Crippen MR) is 105 cm³/mol. The van der Waals surface area contributed by atoms with Crippen LogP contribution in [0.1, 0.15) is 44.2 Å². The van der Waals surface area contributed by atoms with Gasteiger partial charge in [0.05, 0.1) is 11.6 Å². The summed E-state index contributed by atoms with van der Waals surface area (Å²) in [5.74, 6) is -1.19. The van der Waals surface area contributed by atoms with Crippen molar-refractivity contribution in [1.82, 2.24) is 0 Å². The van der Waals surface area contributed by atoms with E-state index in [0.717, 1.165) is 11.1 Å². The zero-order valence-electron chi connectivity index (χ0n) is 16.8. The smallest absolute Gasteiger partial charge is 0.354 e. The second kappa shape index (κ2) is 5.79. The molecule has 0 aromatic heterocycles. The van der Waals surface area contributed by atoms with Gasteiger partial charge in [-0.15, -0.1) is 0 Å². The molecule has 1 saturated heterocycles. The number of carbonyl (C=O) groups is 2. The molecule has 1 N–H and O–H groups in total. The van der Waals surface area contributed by atoms with Gasteiger partial charge < -0.3 is 14.7 Å². The lowest BCUT2D eigenvalue weighted by Gasteiger charge is -2.43. The number of benzene rings is 1. The highest BCUT2D eigenvalue weighted by atomic mass is 16.7. The maximum atomic E-state index is 13.1. The van der Waals surface area contributed by atoms with Gasteiger partial charge in [0.15, 0.2) is 5.78 Å². The zero-order chi connectivity index (χ0) is 20.6. The van der Waals surface area contributed by atoms with E-state index >= 15 is 0 Å². The largest absolute Gasteiger partial charge is 0.458 e. The van der Waals surface area contributed by atoms with Crippen LogP contribution >= 0.6 is 0 Å². The van der Waals surface area contributed by atoms with Crippen LogP contribution in [0.5, 0.6) is 0 Å². The minimum absolute atomic E-state index is 0.143. The fourth-order valence-electron chi connectivity index (χ4n) is 5.78. The molecule has 0 amide bonds. The summed E-state index contributed by atoms with van der Waals surface area (Å²) in [6.07, 6.45) is 3.85. The first-order valence-corrected chi connectivity index (χ1v) is 10.2. The standard InChI is InChI=1S/C23H25NO5/c1-13-5-4-6-15(11-13)17-12-22(29-24-17)16-8-7-14(2)23(27)10-9-18(25)21(23,3)19(16)28-20(22)26/h4-6,9-11,14,16,19,27H,7-8,12H2,1-3H3/t14-,16+,19+,21-,22-,23+/m0/s1. The lowest BCUT2D eigenvalue weighted by Crippen LogP contribution is -2.57. The lowest BCUT2D eigenvalue weighted by molar-refractivity contribution is -0.169. The number of hydrogen-bond acceptors (Lipinski definition) is 6. The van der Waals surface area contributed by atoms with E-state index in [0.29, 0.717) is 25.0 Å². The fraction of sp³-hybridized carbons (Fsp3) is 0.522. The van der Waals surface area contributed by atoms with Gasteiger partial charge in [0.25, 0.3) is 0 Å². The van der Waals surface area contributed by atoms with Crippen molar-refractivity contribution < 1.29 is 24.3 Å². The Labute approximate surface area is 169 Å². The maximum Gasteiger partial charge on any atom is 0.354 e. The molecule has 1 aromatic rings. The van der Waals surface area contributed by atoms with Crippen molar-refractivity contribution in [3.63, 3.8) is 0 Å². The Morgan fingerprint density at radius 2 is 2.03 bits per heavy atom. The monoisotopic (exact) mass is 395 g/mol. The fourth-order valence-corrected chi connectivity index (χ4v) is 5.78. The third-order valence-corrected chi connectivity index (χ3v) is 7.71.